The highest BCUT2D eigenvalue weighted by molar-refractivity contribution is 5.85. The van der Waals surface area contributed by atoms with E-state index in [1.54, 1.807) is 11.7 Å². The summed E-state index contributed by atoms with van der Waals surface area (Å²) < 4.78 is 1.62. The van der Waals surface area contributed by atoms with Crippen LogP contribution >= 0.6 is 12.4 Å². The number of hydrogen-bond acceptors (Lipinski definition) is 4. The SMILES string of the molecule is Cc1nc2c(c(C)c1CC(=O)NCCC1CCNC1)c(=O)[nH]n2C.Cl. The molecule has 1 saturated heterocycles. The zero-order chi connectivity index (χ0) is 17.3. The maximum absolute atomic E-state index is 12.3. The Morgan fingerprint density at radius 2 is 2.16 bits per heavy atom. The molecule has 0 saturated carbocycles. The molecule has 1 fully saturated rings. The predicted molar refractivity (Wildman–Crippen MR) is 100 cm³/mol. The molecule has 0 aliphatic carbocycles. The van der Waals surface area contributed by atoms with Gasteiger partial charge in [-0.05, 0) is 56.8 Å². The quantitative estimate of drug-likeness (QED) is 0.734. The van der Waals surface area contributed by atoms with Crippen LogP contribution in [0, 0.1) is 19.8 Å². The molecule has 1 aliphatic rings. The van der Waals surface area contributed by atoms with Crippen molar-refractivity contribution in [2.75, 3.05) is 19.6 Å². The summed E-state index contributed by atoms with van der Waals surface area (Å²) in [7, 11) is 1.76. The molecule has 1 atom stereocenters. The molecular formula is C17H26ClN5O2. The molecule has 138 valence electrons. The number of rotatable bonds is 5. The first-order chi connectivity index (χ1) is 11.5. The summed E-state index contributed by atoms with van der Waals surface area (Å²) in [5, 5.41) is 9.62. The molecule has 2 aromatic rings. The summed E-state index contributed by atoms with van der Waals surface area (Å²) in [5.41, 5.74) is 2.96. The molecule has 7 nitrogen and oxygen atoms in total. The minimum atomic E-state index is -0.159. The fourth-order valence-corrected chi connectivity index (χ4v) is 3.51. The minimum absolute atomic E-state index is 0. The second-order valence-electron chi connectivity index (χ2n) is 6.67. The Balaban J connectivity index is 0.00000225. The molecule has 3 heterocycles. The lowest BCUT2D eigenvalue weighted by Crippen LogP contribution is -2.28. The Hall–Kier alpha value is -1.86. The lowest BCUT2D eigenvalue weighted by molar-refractivity contribution is -0.120. The largest absolute Gasteiger partial charge is 0.356 e. The molecule has 2 aromatic heterocycles. The smallest absolute Gasteiger partial charge is 0.273 e. The monoisotopic (exact) mass is 367 g/mol. The van der Waals surface area contributed by atoms with E-state index in [-0.39, 0.29) is 30.3 Å². The molecule has 1 aliphatic heterocycles. The van der Waals surface area contributed by atoms with Gasteiger partial charge in [-0.1, -0.05) is 0 Å². The number of pyridine rings is 1. The van der Waals surface area contributed by atoms with E-state index in [0.717, 1.165) is 36.3 Å². The first-order valence-electron chi connectivity index (χ1n) is 8.49. The number of aromatic amines is 1. The van der Waals surface area contributed by atoms with Crippen molar-refractivity contribution in [2.45, 2.75) is 33.1 Å². The Labute approximate surface area is 153 Å². The molecule has 3 N–H and O–H groups in total. The molecule has 3 rings (SSSR count). The molecule has 0 aromatic carbocycles. The van der Waals surface area contributed by atoms with Crippen molar-refractivity contribution < 1.29 is 4.79 Å². The number of aromatic nitrogens is 3. The minimum Gasteiger partial charge on any atom is -0.356 e. The van der Waals surface area contributed by atoms with Gasteiger partial charge in [0.2, 0.25) is 5.91 Å². The highest BCUT2D eigenvalue weighted by atomic mass is 35.5. The number of hydrogen-bond donors (Lipinski definition) is 3. The molecule has 25 heavy (non-hydrogen) atoms. The van der Waals surface area contributed by atoms with Crippen molar-refractivity contribution in [1.82, 2.24) is 25.4 Å². The van der Waals surface area contributed by atoms with Crippen LogP contribution < -0.4 is 16.2 Å². The Morgan fingerprint density at radius 1 is 1.40 bits per heavy atom. The number of carbonyl (C=O) groups excluding carboxylic acids is 1. The normalized spacial score (nSPS) is 16.8. The average molecular weight is 368 g/mol. The number of H-pyrrole nitrogens is 1. The van der Waals surface area contributed by atoms with Crippen molar-refractivity contribution in [1.29, 1.82) is 0 Å². The van der Waals surface area contributed by atoms with Gasteiger partial charge in [0.1, 0.15) is 0 Å². The van der Waals surface area contributed by atoms with Crippen molar-refractivity contribution in [3.05, 3.63) is 27.2 Å². The summed E-state index contributed by atoms with van der Waals surface area (Å²) >= 11 is 0. The fourth-order valence-electron chi connectivity index (χ4n) is 3.51. The zero-order valence-electron chi connectivity index (χ0n) is 14.9. The zero-order valence-corrected chi connectivity index (χ0v) is 15.8. The highest BCUT2D eigenvalue weighted by Gasteiger charge is 2.18. The van der Waals surface area contributed by atoms with Crippen LogP contribution in [0.5, 0.6) is 0 Å². The van der Waals surface area contributed by atoms with Gasteiger partial charge in [-0.15, -0.1) is 12.4 Å². The molecule has 0 spiro atoms. The number of aryl methyl sites for hydroxylation is 3. The van der Waals surface area contributed by atoms with Gasteiger partial charge in [-0.3, -0.25) is 19.4 Å². The van der Waals surface area contributed by atoms with E-state index in [0.29, 0.717) is 23.5 Å². The topological polar surface area (TPSA) is 91.8 Å². The van der Waals surface area contributed by atoms with Crippen LogP contribution in [0.3, 0.4) is 0 Å². The van der Waals surface area contributed by atoms with E-state index < -0.39 is 0 Å². The summed E-state index contributed by atoms with van der Waals surface area (Å²) in [5.74, 6) is 0.648. The maximum Gasteiger partial charge on any atom is 0.273 e. The summed E-state index contributed by atoms with van der Waals surface area (Å²) in [6, 6.07) is 0. The summed E-state index contributed by atoms with van der Waals surface area (Å²) in [4.78, 5) is 28.8. The first kappa shape index (κ1) is 19.5. The molecular weight excluding hydrogens is 342 g/mol. The maximum atomic E-state index is 12.3. The number of amides is 1. The summed E-state index contributed by atoms with van der Waals surface area (Å²) in [6.07, 6.45) is 2.45. The predicted octanol–water partition coefficient (Wildman–Crippen LogP) is 0.959. The van der Waals surface area contributed by atoms with Gasteiger partial charge in [0.15, 0.2) is 5.65 Å². The average Bonchev–Trinajstić information content (AvgIpc) is 3.12. The van der Waals surface area contributed by atoms with Gasteiger partial charge in [0.05, 0.1) is 11.8 Å². The van der Waals surface area contributed by atoms with Crippen molar-refractivity contribution in [3.63, 3.8) is 0 Å². The van der Waals surface area contributed by atoms with Crippen LogP contribution in [0.15, 0.2) is 4.79 Å². The van der Waals surface area contributed by atoms with E-state index in [1.807, 2.05) is 13.8 Å². The number of nitrogens with one attached hydrogen (secondary N) is 3. The van der Waals surface area contributed by atoms with E-state index in [1.165, 1.54) is 6.42 Å². The van der Waals surface area contributed by atoms with Crippen LogP contribution in [0.25, 0.3) is 11.0 Å². The van der Waals surface area contributed by atoms with Crippen LogP contribution in [0.4, 0.5) is 0 Å². The van der Waals surface area contributed by atoms with Gasteiger partial charge in [-0.25, -0.2) is 4.98 Å². The van der Waals surface area contributed by atoms with E-state index in [9.17, 15) is 9.59 Å². The third-order valence-electron chi connectivity index (χ3n) is 4.95. The van der Waals surface area contributed by atoms with E-state index in [4.69, 9.17) is 0 Å². The lowest BCUT2D eigenvalue weighted by atomic mass is 10.0. The molecule has 0 bridgehead atoms. The van der Waals surface area contributed by atoms with Gasteiger partial charge in [-0.2, -0.15) is 0 Å². The number of fused-ring (bicyclic) bond motifs is 1. The first-order valence-corrected chi connectivity index (χ1v) is 8.49. The molecule has 1 unspecified atom stereocenters. The standard InChI is InChI=1S/C17H25N5O2.ClH/c1-10-13(8-14(23)19-7-5-12-4-6-18-9-12)11(2)20-16-15(10)17(24)21-22(16)3;/h12,18H,4-9H2,1-3H3,(H,19,23)(H,21,24);1H. The fraction of sp³-hybridized carbons (Fsp3) is 0.588. The van der Waals surface area contributed by atoms with E-state index >= 15 is 0 Å². The van der Waals surface area contributed by atoms with Gasteiger partial charge in [0.25, 0.3) is 5.56 Å². The van der Waals surface area contributed by atoms with E-state index in [2.05, 4.69) is 20.7 Å². The van der Waals surface area contributed by atoms with Crippen LogP contribution in [-0.2, 0) is 18.3 Å². The second-order valence-corrected chi connectivity index (χ2v) is 6.67. The van der Waals surface area contributed by atoms with Crippen molar-refractivity contribution in [2.24, 2.45) is 13.0 Å². The Morgan fingerprint density at radius 3 is 2.84 bits per heavy atom. The van der Waals surface area contributed by atoms with Crippen molar-refractivity contribution in [3.8, 4) is 0 Å². The van der Waals surface area contributed by atoms with Gasteiger partial charge in [0, 0.05) is 19.3 Å². The van der Waals surface area contributed by atoms with Crippen LogP contribution in [0.2, 0.25) is 0 Å². The highest BCUT2D eigenvalue weighted by Crippen LogP contribution is 2.20. The molecule has 8 heteroatoms. The number of carbonyl (C=O) groups is 1. The molecule has 0 radical (unpaired) electrons. The second kappa shape index (κ2) is 8.01. The third kappa shape index (κ3) is 4.04. The third-order valence-corrected chi connectivity index (χ3v) is 4.95. The Kier molecular flexibility index (Phi) is 6.24. The Bertz CT molecular complexity index is 821. The summed E-state index contributed by atoms with van der Waals surface area (Å²) in [6.45, 7) is 6.60. The van der Waals surface area contributed by atoms with Crippen molar-refractivity contribution >= 4 is 29.3 Å². The number of nitrogens with zero attached hydrogens (tertiary/aromatic N) is 2. The number of halogens is 1. The molecule has 1 amide bonds. The van der Waals surface area contributed by atoms with Crippen LogP contribution in [-0.4, -0.2) is 40.3 Å². The van der Waals surface area contributed by atoms with Gasteiger partial charge >= 0.3 is 0 Å². The van der Waals surface area contributed by atoms with Crippen LogP contribution in [0.1, 0.15) is 29.7 Å². The lowest BCUT2D eigenvalue weighted by Gasteiger charge is -2.12. The van der Waals surface area contributed by atoms with Gasteiger partial charge < -0.3 is 10.6 Å².